The van der Waals surface area contributed by atoms with E-state index in [4.69, 9.17) is 14.2 Å². The third-order valence-corrected chi connectivity index (χ3v) is 3.47. The van der Waals surface area contributed by atoms with Gasteiger partial charge in [0, 0.05) is 12.5 Å². The fraction of sp³-hybridized carbons (Fsp3) is 0.150. The number of nitrogens with zero attached hydrogens (tertiary/aromatic N) is 1. The van der Waals surface area contributed by atoms with Crippen LogP contribution >= 0.6 is 0 Å². The maximum absolute atomic E-state index is 12.1. The molecule has 1 aliphatic heterocycles. The summed E-state index contributed by atoms with van der Waals surface area (Å²) >= 11 is 0. The normalized spacial score (nSPS) is 14.8. The highest BCUT2D eigenvalue weighted by atomic mass is 16.6. The van der Waals surface area contributed by atoms with Crippen LogP contribution in [0.5, 0.6) is 11.5 Å². The Labute approximate surface area is 150 Å². The van der Waals surface area contributed by atoms with Gasteiger partial charge in [0.05, 0.1) is 6.61 Å². The fourth-order valence-electron chi connectivity index (χ4n) is 2.39. The lowest BCUT2D eigenvalue weighted by Crippen LogP contribution is -2.05. The highest BCUT2D eigenvalue weighted by molar-refractivity contribution is 6.12. The second-order valence-corrected chi connectivity index (χ2v) is 5.43. The molecule has 2 aromatic rings. The van der Waals surface area contributed by atoms with Crippen molar-refractivity contribution in [3.63, 3.8) is 0 Å². The lowest BCUT2D eigenvalue weighted by Gasteiger charge is -2.10. The van der Waals surface area contributed by atoms with E-state index in [0.29, 0.717) is 23.7 Å². The minimum atomic E-state index is -0.522. The maximum Gasteiger partial charge on any atom is 0.363 e. The molecule has 0 aliphatic carbocycles. The van der Waals surface area contributed by atoms with Crippen molar-refractivity contribution in [1.29, 1.82) is 0 Å². The summed E-state index contributed by atoms with van der Waals surface area (Å²) in [4.78, 5) is 27.5. The average Bonchev–Trinajstić information content (AvgIpc) is 2.98. The molecule has 1 aliphatic rings. The van der Waals surface area contributed by atoms with Crippen molar-refractivity contribution in [2.24, 2.45) is 4.99 Å². The summed E-state index contributed by atoms with van der Waals surface area (Å²) in [5, 5.41) is 0. The second kappa shape index (κ2) is 7.65. The van der Waals surface area contributed by atoms with Crippen LogP contribution in [0.1, 0.15) is 25.0 Å². The van der Waals surface area contributed by atoms with Crippen molar-refractivity contribution in [1.82, 2.24) is 0 Å². The standard InChI is InChI=1S/C20H17NO5/c1-3-24-18-12-14(9-10-17(18)25-13(2)22)11-16-20(23)26-19(21-16)15-7-5-4-6-8-15/h4-12H,3H2,1-2H3. The van der Waals surface area contributed by atoms with E-state index < -0.39 is 11.9 Å². The smallest absolute Gasteiger partial charge is 0.363 e. The van der Waals surface area contributed by atoms with Crippen molar-refractivity contribution in [3.8, 4) is 11.5 Å². The molecule has 6 nitrogen and oxygen atoms in total. The highest BCUT2D eigenvalue weighted by Gasteiger charge is 2.24. The first-order valence-electron chi connectivity index (χ1n) is 8.10. The van der Waals surface area contributed by atoms with Crippen LogP contribution in [0.4, 0.5) is 0 Å². The van der Waals surface area contributed by atoms with Gasteiger partial charge in [-0.2, -0.15) is 0 Å². The van der Waals surface area contributed by atoms with Gasteiger partial charge in [0.25, 0.3) is 0 Å². The molecule has 0 atom stereocenters. The number of rotatable bonds is 5. The summed E-state index contributed by atoms with van der Waals surface area (Å²) in [6, 6.07) is 14.2. The van der Waals surface area contributed by atoms with Gasteiger partial charge in [0.15, 0.2) is 17.2 Å². The first-order valence-corrected chi connectivity index (χ1v) is 8.10. The molecule has 0 bridgehead atoms. The minimum Gasteiger partial charge on any atom is -0.490 e. The van der Waals surface area contributed by atoms with Crippen LogP contribution in [-0.4, -0.2) is 24.4 Å². The van der Waals surface area contributed by atoms with Gasteiger partial charge < -0.3 is 14.2 Å². The number of esters is 2. The van der Waals surface area contributed by atoms with Crippen LogP contribution in [0.15, 0.2) is 59.2 Å². The van der Waals surface area contributed by atoms with Gasteiger partial charge in [-0.1, -0.05) is 24.3 Å². The quantitative estimate of drug-likeness (QED) is 0.469. The van der Waals surface area contributed by atoms with Crippen molar-refractivity contribution in [2.45, 2.75) is 13.8 Å². The molecule has 26 heavy (non-hydrogen) atoms. The number of hydrogen-bond acceptors (Lipinski definition) is 6. The summed E-state index contributed by atoms with van der Waals surface area (Å²) in [6.07, 6.45) is 1.60. The van der Waals surface area contributed by atoms with E-state index in [1.165, 1.54) is 6.92 Å². The van der Waals surface area contributed by atoms with E-state index in [2.05, 4.69) is 4.99 Å². The molecule has 0 saturated carbocycles. The fourth-order valence-corrected chi connectivity index (χ4v) is 2.39. The Balaban J connectivity index is 1.91. The molecular weight excluding hydrogens is 334 g/mol. The van der Waals surface area contributed by atoms with Gasteiger partial charge in [-0.05, 0) is 42.8 Å². The van der Waals surface area contributed by atoms with E-state index in [9.17, 15) is 9.59 Å². The molecule has 0 spiro atoms. The van der Waals surface area contributed by atoms with Gasteiger partial charge >= 0.3 is 11.9 Å². The first-order chi connectivity index (χ1) is 12.6. The Hall–Kier alpha value is -3.41. The van der Waals surface area contributed by atoms with E-state index in [-0.39, 0.29) is 11.6 Å². The lowest BCUT2D eigenvalue weighted by atomic mass is 10.1. The number of carbonyl (C=O) groups excluding carboxylic acids is 2. The largest absolute Gasteiger partial charge is 0.490 e. The molecule has 0 amide bonds. The van der Waals surface area contributed by atoms with Gasteiger partial charge in [-0.25, -0.2) is 9.79 Å². The summed E-state index contributed by atoms with van der Waals surface area (Å²) in [5.41, 5.74) is 1.59. The van der Waals surface area contributed by atoms with Crippen LogP contribution in [0.3, 0.4) is 0 Å². The van der Waals surface area contributed by atoms with Crippen LogP contribution < -0.4 is 9.47 Å². The zero-order valence-corrected chi connectivity index (χ0v) is 14.4. The van der Waals surface area contributed by atoms with Crippen LogP contribution in [-0.2, 0) is 14.3 Å². The molecular formula is C20H17NO5. The zero-order chi connectivity index (χ0) is 18.5. The van der Waals surface area contributed by atoms with Crippen LogP contribution in [0.25, 0.3) is 6.08 Å². The Bertz CT molecular complexity index is 900. The average molecular weight is 351 g/mol. The van der Waals surface area contributed by atoms with Gasteiger partial charge in [-0.3, -0.25) is 4.79 Å². The monoisotopic (exact) mass is 351 g/mol. The molecule has 0 fully saturated rings. The van der Waals surface area contributed by atoms with Gasteiger partial charge in [-0.15, -0.1) is 0 Å². The molecule has 0 radical (unpaired) electrons. The molecule has 0 saturated heterocycles. The molecule has 3 rings (SSSR count). The van der Waals surface area contributed by atoms with Crippen molar-refractivity contribution in [3.05, 3.63) is 65.4 Å². The molecule has 0 N–H and O–H groups in total. The van der Waals surface area contributed by atoms with Gasteiger partial charge in [0.1, 0.15) is 0 Å². The third-order valence-electron chi connectivity index (χ3n) is 3.47. The summed E-state index contributed by atoms with van der Waals surface area (Å²) in [6.45, 7) is 3.56. The van der Waals surface area contributed by atoms with Crippen molar-refractivity contribution < 1.29 is 23.8 Å². The summed E-state index contributed by atoms with van der Waals surface area (Å²) in [7, 11) is 0. The summed E-state index contributed by atoms with van der Waals surface area (Å²) < 4.78 is 15.8. The predicted molar refractivity (Wildman–Crippen MR) is 96.0 cm³/mol. The summed E-state index contributed by atoms with van der Waals surface area (Å²) in [5.74, 6) is 0.0440. The molecule has 2 aromatic carbocycles. The van der Waals surface area contributed by atoms with E-state index in [0.717, 1.165) is 5.56 Å². The van der Waals surface area contributed by atoms with E-state index in [1.54, 1.807) is 24.3 Å². The number of hydrogen-bond donors (Lipinski definition) is 0. The SMILES string of the molecule is CCOc1cc(C=C2N=C(c3ccccc3)OC2=O)ccc1OC(C)=O. The molecule has 132 valence electrons. The Morgan fingerprint density at radius 3 is 2.62 bits per heavy atom. The van der Waals surface area contributed by atoms with Crippen molar-refractivity contribution in [2.75, 3.05) is 6.61 Å². The molecule has 0 unspecified atom stereocenters. The number of aliphatic imine (C=N–C) groups is 1. The third kappa shape index (κ3) is 3.97. The molecule has 1 heterocycles. The van der Waals surface area contributed by atoms with Crippen LogP contribution in [0, 0.1) is 0 Å². The van der Waals surface area contributed by atoms with E-state index in [1.807, 2.05) is 37.3 Å². The Morgan fingerprint density at radius 1 is 1.15 bits per heavy atom. The number of ether oxygens (including phenoxy) is 3. The minimum absolute atomic E-state index is 0.187. The maximum atomic E-state index is 12.1. The van der Waals surface area contributed by atoms with Gasteiger partial charge in [0.2, 0.25) is 5.90 Å². The lowest BCUT2D eigenvalue weighted by molar-refractivity contribution is -0.132. The Kier molecular flexibility index (Phi) is 5.12. The first kappa shape index (κ1) is 17.4. The number of cyclic esters (lactones) is 1. The van der Waals surface area contributed by atoms with E-state index >= 15 is 0 Å². The Morgan fingerprint density at radius 2 is 1.92 bits per heavy atom. The van der Waals surface area contributed by atoms with Crippen molar-refractivity contribution >= 4 is 23.9 Å². The molecule has 6 heteroatoms. The number of benzene rings is 2. The topological polar surface area (TPSA) is 74.2 Å². The zero-order valence-electron chi connectivity index (χ0n) is 14.4. The second-order valence-electron chi connectivity index (χ2n) is 5.43. The van der Waals surface area contributed by atoms with Crippen LogP contribution in [0.2, 0.25) is 0 Å². The predicted octanol–water partition coefficient (Wildman–Crippen LogP) is 3.36. The highest BCUT2D eigenvalue weighted by Crippen LogP contribution is 2.30. The number of carbonyl (C=O) groups is 2. The molecule has 0 aromatic heterocycles.